The number of hydrogen-bond acceptors (Lipinski definition) is 7. The molecule has 122 valence electrons. The lowest BCUT2D eigenvalue weighted by Gasteiger charge is -2.26. The molecule has 8 heteroatoms. The van der Waals surface area contributed by atoms with Crippen LogP contribution in [0.2, 0.25) is 0 Å². The Labute approximate surface area is 138 Å². The zero-order valence-corrected chi connectivity index (χ0v) is 13.2. The molecule has 1 aromatic carbocycles. The average molecular weight is 324 g/mol. The largest absolute Gasteiger partial charge is 0.378 e. The highest BCUT2D eigenvalue weighted by Crippen LogP contribution is 2.15. The summed E-state index contributed by atoms with van der Waals surface area (Å²) in [6.45, 7) is 4.54. The highest BCUT2D eigenvalue weighted by atomic mass is 16.5. The zero-order chi connectivity index (χ0) is 16.5. The van der Waals surface area contributed by atoms with E-state index in [4.69, 9.17) is 4.74 Å². The van der Waals surface area contributed by atoms with Gasteiger partial charge in [0.2, 0.25) is 5.95 Å². The van der Waals surface area contributed by atoms with Crippen molar-refractivity contribution < 1.29 is 4.74 Å². The van der Waals surface area contributed by atoms with E-state index in [1.165, 1.54) is 0 Å². The molecule has 0 radical (unpaired) electrons. The van der Waals surface area contributed by atoms with Crippen LogP contribution in [0, 0.1) is 6.92 Å². The highest BCUT2D eigenvalue weighted by molar-refractivity contribution is 5.51. The van der Waals surface area contributed by atoms with Gasteiger partial charge in [0.15, 0.2) is 11.5 Å². The van der Waals surface area contributed by atoms with E-state index >= 15 is 0 Å². The van der Waals surface area contributed by atoms with Gasteiger partial charge in [0, 0.05) is 13.1 Å². The molecule has 1 aromatic rings. The summed E-state index contributed by atoms with van der Waals surface area (Å²) in [7, 11) is 0. The quantitative estimate of drug-likeness (QED) is 0.684. The Balaban J connectivity index is 1.75. The molecule has 3 heterocycles. The van der Waals surface area contributed by atoms with Gasteiger partial charge in [-0.25, -0.2) is 9.67 Å². The predicted octanol–water partition coefficient (Wildman–Crippen LogP) is 0.667. The van der Waals surface area contributed by atoms with Crippen LogP contribution < -0.4 is 10.5 Å². The summed E-state index contributed by atoms with van der Waals surface area (Å²) in [6.07, 6.45) is 1.56. The topological polar surface area (TPSA) is 86.0 Å². The van der Waals surface area contributed by atoms with Crippen molar-refractivity contribution in [1.29, 1.82) is 0 Å². The van der Waals surface area contributed by atoms with Crippen LogP contribution in [0.1, 0.15) is 5.56 Å². The number of morpholine rings is 1. The normalized spacial score (nSPS) is 15.0. The molecule has 24 heavy (non-hydrogen) atoms. The Morgan fingerprint density at radius 2 is 1.83 bits per heavy atom. The maximum absolute atomic E-state index is 12.4. The molecule has 3 aliphatic heterocycles. The number of benzene rings is 1. The van der Waals surface area contributed by atoms with E-state index in [9.17, 15) is 4.79 Å². The third kappa shape index (κ3) is 2.71. The lowest BCUT2D eigenvalue weighted by Crippen LogP contribution is -2.38. The first-order chi connectivity index (χ1) is 11.7. The van der Waals surface area contributed by atoms with Gasteiger partial charge in [0.05, 0.1) is 18.9 Å². The summed E-state index contributed by atoms with van der Waals surface area (Å²) in [5.74, 6) is 0.693. The fraction of sp³-hybridized carbons (Fsp3) is 0.312. The molecule has 0 amide bonds. The van der Waals surface area contributed by atoms with E-state index in [0.717, 1.165) is 11.3 Å². The summed E-state index contributed by atoms with van der Waals surface area (Å²) in [6, 6.07) is 7.79. The number of nitrogens with zero attached hydrogens (tertiary/aromatic N) is 6. The first kappa shape index (κ1) is 14.7. The Kier molecular flexibility index (Phi) is 3.66. The summed E-state index contributed by atoms with van der Waals surface area (Å²) in [4.78, 5) is 27.0. The van der Waals surface area contributed by atoms with Crippen molar-refractivity contribution in [1.82, 2.24) is 24.7 Å². The maximum Gasteiger partial charge on any atom is 0.304 e. The van der Waals surface area contributed by atoms with Crippen LogP contribution in [-0.2, 0) is 4.74 Å². The first-order valence-electron chi connectivity index (χ1n) is 7.74. The molecule has 0 aromatic heterocycles. The van der Waals surface area contributed by atoms with Gasteiger partial charge in [-0.1, -0.05) is 17.7 Å². The number of hydrogen-bond donors (Lipinski definition) is 0. The fourth-order valence-corrected chi connectivity index (χ4v) is 2.56. The van der Waals surface area contributed by atoms with Crippen LogP contribution in [0.15, 0.2) is 35.4 Å². The molecule has 3 aliphatic rings. The lowest BCUT2D eigenvalue weighted by atomic mass is 10.2. The van der Waals surface area contributed by atoms with E-state index in [1.807, 2.05) is 36.1 Å². The molecule has 8 nitrogen and oxygen atoms in total. The highest BCUT2D eigenvalue weighted by Gasteiger charge is 2.20. The second kappa shape index (κ2) is 5.97. The number of aromatic nitrogens is 5. The van der Waals surface area contributed by atoms with Gasteiger partial charge in [-0.05, 0) is 19.1 Å². The van der Waals surface area contributed by atoms with E-state index in [-0.39, 0.29) is 5.69 Å². The van der Waals surface area contributed by atoms with Crippen LogP contribution in [0.5, 0.6) is 0 Å². The molecule has 1 fully saturated rings. The number of rotatable bonds is 2. The van der Waals surface area contributed by atoms with Crippen LogP contribution in [0.4, 0.5) is 5.95 Å². The summed E-state index contributed by atoms with van der Waals surface area (Å²) in [5.41, 5.74) is 1.72. The Bertz CT molecular complexity index is 886. The Morgan fingerprint density at radius 3 is 2.58 bits per heavy atom. The first-order valence-corrected chi connectivity index (χ1v) is 7.74. The van der Waals surface area contributed by atoms with Gasteiger partial charge in [-0.2, -0.15) is 15.1 Å². The van der Waals surface area contributed by atoms with Crippen LogP contribution in [0.25, 0.3) is 17.2 Å². The molecule has 0 unspecified atom stereocenters. The molecular weight excluding hydrogens is 308 g/mol. The second-order valence-electron chi connectivity index (χ2n) is 5.63. The van der Waals surface area contributed by atoms with Crippen LogP contribution in [0.3, 0.4) is 0 Å². The summed E-state index contributed by atoms with van der Waals surface area (Å²) >= 11 is 0. The predicted molar refractivity (Wildman–Crippen MR) is 87.6 cm³/mol. The van der Waals surface area contributed by atoms with E-state index in [2.05, 4.69) is 20.1 Å². The van der Waals surface area contributed by atoms with Gasteiger partial charge in [-0.15, -0.1) is 0 Å². The van der Waals surface area contributed by atoms with Gasteiger partial charge >= 0.3 is 5.56 Å². The standard InChI is InChI=1S/C16H16N6O2/c1-11-2-4-12(5-3-11)22-10-17-14-13(20-22)15(23)19-16(18-14)21-6-8-24-9-7-21/h2-5,10H,6-9H2,1H3. The number of ether oxygens (including phenoxy) is 1. The van der Waals surface area contributed by atoms with Crippen molar-refractivity contribution in [3.63, 3.8) is 0 Å². The van der Waals surface area contributed by atoms with Gasteiger partial charge in [0.1, 0.15) is 6.33 Å². The van der Waals surface area contributed by atoms with Crippen molar-refractivity contribution in [3.8, 4) is 17.2 Å². The van der Waals surface area contributed by atoms with Gasteiger partial charge in [0.25, 0.3) is 0 Å². The zero-order valence-electron chi connectivity index (χ0n) is 13.2. The van der Waals surface area contributed by atoms with Crippen molar-refractivity contribution in [2.75, 3.05) is 31.2 Å². The monoisotopic (exact) mass is 324 g/mol. The third-order valence-corrected chi connectivity index (χ3v) is 3.91. The number of anilines is 1. The second-order valence-corrected chi connectivity index (χ2v) is 5.63. The van der Waals surface area contributed by atoms with Gasteiger partial charge in [-0.3, -0.25) is 4.79 Å². The fourth-order valence-electron chi connectivity index (χ4n) is 2.56. The van der Waals surface area contributed by atoms with Crippen molar-refractivity contribution in [2.24, 2.45) is 0 Å². The average Bonchev–Trinajstić information content (AvgIpc) is 2.63. The van der Waals surface area contributed by atoms with E-state index in [0.29, 0.717) is 38.1 Å². The molecule has 0 bridgehead atoms. The summed E-state index contributed by atoms with van der Waals surface area (Å²) < 4.78 is 6.86. The minimum absolute atomic E-state index is 0.162. The van der Waals surface area contributed by atoms with Crippen LogP contribution >= 0.6 is 0 Å². The minimum Gasteiger partial charge on any atom is -0.378 e. The summed E-state index contributed by atoms with van der Waals surface area (Å²) in [5, 5.41) is 4.33. The van der Waals surface area contributed by atoms with Crippen molar-refractivity contribution >= 4 is 5.95 Å². The minimum atomic E-state index is -0.421. The van der Waals surface area contributed by atoms with Gasteiger partial charge < -0.3 is 9.64 Å². The molecular formula is C16H16N6O2. The number of aryl methyl sites for hydroxylation is 1. The molecule has 1 saturated heterocycles. The van der Waals surface area contributed by atoms with E-state index < -0.39 is 5.56 Å². The molecule has 0 N–H and O–H groups in total. The molecule has 0 spiro atoms. The van der Waals surface area contributed by atoms with Crippen LogP contribution in [-0.4, -0.2) is 51.0 Å². The molecule has 0 saturated carbocycles. The third-order valence-electron chi connectivity index (χ3n) is 3.91. The van der Waals surface area contributed by atoms with Crippen molar-refractivity contribution in [3.05, 3.63) is 46.5 Å². The van der Waals surface area contributed by atoms with Crippen molar-refractivity contribution in [2.45, 2.75) is 6.92 Å². The molecule has 4 rings (SSSR count). The maximum atomic E-state index is 12.4. The molecule has 0 aliphatic carbocycles. The Hall–Kier alpha value is -2.87. The Morgan fingerprint density at radius 1 is 1.08 bits per heavy atom. The lowest BCUT2D eigenvalue weighted by molar-refractivity contribution is 0.122. The number of fused-ring (bicyclic) bond motifs is 1. The molecule has 0 atom stereocenters. The SMILES string of the molecule is Cc1ccc(-n2cnc3nc(N4CCOCC4)nc(=O)c-3n2)cc1. The smallest absolute Gasteiger partial charge is 0.304 e. The van der Waals surface area contributed by atoms with E-state index in [1.54, 1.807) is 11.0 Å².